The summed E-state index contributed by atoms with van der Waals surface area (Å²) in [5.74, 6) is -0.828. The van der Waals surface area contributed by atoms with Crippen LogP contribution in [0.1, 0.15) is 42.3 Å². The number of aromatic nitrogens is 2. The van der Waals surface area contributed by atoms with Gasteiger partial charge in [0.25, 0.3) is 11.8 Å². The van der Waals surface area contributed by atoms with Crippen LogP contribution in [0.25, 0.3) is 22.8 Å². The predicted octanol–water partition coefficient (Wildman–Crippen LogP) is 4.85. The number of amides is 1. The molecule has 1 heterocycles. The highest BCUT2D eigenvalue weighted by atomic mass is 16.5. The Bertz CT molecular complexity index is 1480. The number of phenols is 1. The molecule has 3 aromatic carbocycles. The van der Waals surface area contributed by atoms with Crippen molar-refractivity contribution in [2.75, 3.05) is 14.2 Å². The lowest BCUT2D eigenvalue weighted by atomic mass is 9.86. The highest BCUT2D eigenvalue weighted by Gasteiger charge is 2.22. The van der Waals surface area contributed by atoms with Gasteiger partial charge in [0.1, 0.15) is 6.04 Å². The van der Waals surface area contributed by atoms with Crippen molar-refractivity contribution < 1.29 is 33.8 Å². The molecule has 0 unspecified atom stereocenters. The Kier molecular flexibility index (Phi) is 8.08. The van der Waals surface area contributed by atoms with Crippen molar-refractivity contribution >= 4 is 11.9 Å². The van der Waals surface area contributed by atoms with E-state index in [2.05, 4.69) is 36.2 Å². The minimum atomic E-state index is -1.13. The molecule has 4 rings (SSSR count). The summed E-state index contributed by atoms with van der Waals surface area (Å²) in [6, 6.07) is 16.1. The number of aromatic hydroxyl groups is 1. The van der Waals surface area contributed by atoms with Crippen molar-refractivity contribution in [3.63, 3.8) is 0 Å². The molecule has 0 aliphatic heterocycles. The number of carbonyl (C=O) groups is 2. The van der Waals surface area contributed by atoms with E-state index in [1.54, 1.807) is 48.5 Å². The molecule has 1 aromatic heterocycles. The van der Waals surface area contributed by atoms with E-state index in [4.69, 9.17) is 14.0 Å². The topological polar surface area (TPSA) is 144 Å². The van der Waals surface area contributed by atoms with Crippen LogP contribution >= 0.6 is 0 Å². The fourth-order valence-corrected chi connectivity index (χ4v) is 4.06. The third-order valence-electron chi connectivity index (χ3n) is 6.42. The molecule has 0 spiro atoms. The number of ether oxygens (including phenoxy) is 2. The summed E-state index contributed by atoms with van der Waals surface area (Å²) in [4.78, 5) is 29.1. The molecule has 0 radical (unpaired) electrons. The first-order valence-corrected chi connectivity index (χ1v) is 12.5. The van der Waals surface area contributed by atoms with Crippen molar-refractivity contribution in [2.45, 2.75) is 38.6 Å². The molecule has 10 heteroatoms. The lowest BCUT2D eigenvalue weighted by molar-refractivity contribution is -0.139. The number of methoxy groups -OCH3 is 2. The fraction of sp³-hybridized carbons (Fsp3) is 0.267. The molecule has 1 amide bonds. The van der Waals surface area contributed by atoms with Gasteiger partial charge in [-0.25, -0.2) is 4.79 Å². The number of nitrogens with one attached hydrogen (secondary N) is 1. The predicted molar refractivity (Wildman–Crippen MR) is 148 cm³/mol. The summed E-state index contributed by atoms with van der Waals surface area (Å²) in [7, 11) is 2.84. The molecule has 10 nitrogen and oxygen atoms in total. The lowest BCUT2D eigenvalue weighted by Crippen LogP contribution is -2.42. The number of hydrogen-bond acceptors (Lipinski definition) is 8. The minimum Gasteiger partial charge on any atom is -0.502 e. The zero-order chi connectivity index (χ0) is 29.0. The zero-order valence-electron chi connectivity index (χ0n) is 22.9. The van der Waals surface area contributed by atoms with Crippen molar-refractivity contribution in [1.29, 1.82) is 0 Å². The molecule has 208 valence electrons. The van der Waals surface area contributed by atoms with Crippen LogP contribution in [-0.2, 0) is 16.6 Å². The quantitative estimate of drug-likeness (QED) is 0.269. The van der Waals surface area contributed by atoms with E-state index in [9.17, 15) is 19.8 Å². The van der Waals surface area contributed by atoms with Crippen LogP contribution < -0.4 is 14.8 Å². The Balaban J connectivity index is 1.46. The van der Waals surface area contributed by atoms with Crippen molar-refractivity contribution in [2.24, 2.45) is 0 Å². The molecular formula is C30H31N3O7. The summed E-state index contributed by atoms with van der Waals surface area (Å²) >= 11 is 0. The number of rotatable bonds is 9. The first-order valence-electron chi connectivity index (χ1n) is 12.5. The normalized spacial score (nSPS) is 12.0. The Hall–Kier alpha value is -4.86. The summed E-state index contributed by atoms with van der Waals surface area (Å²) in [5, 5.41) is 26.5. The van der Waals surface area contributed by atoms with Gasteiger partial charge in [0.05, 0.1) is 14.2 Å². The SMILES string of the molecule is COc1cc(-c2nc(-c3ccc(C[C@H](NC(=O)c4ccc(C(C)(C)C)cc4)C(=O)O)cc3)no2)cc(OC)c1O. The maximum Gasteiger partial charge on any atom is 0.326 e. The van der Waals surface area contributed by atoms with Crippen LogP contribution in [0, 0.1) is 0 Å². The Morgan fingerprint density at radius 3 is 2.08 bits per heavy atom. The van der Waals surface area contributed by atoms with E-state index < -0.39 is 17.9 Å². The number of carboxylic acids is 1. The zero-order valence-corrected chi connectivity index (χ0v) is 22.9. The number of nitrogens with zero attached hydrogens (tertiary/aromatic N) is 2. The molecule has 0 saturated carbocycles. The number of benzene rings is 3. The smallest absolute Gasteiger partial charge is 0.326 e. The van der Waals surface area contributed by atoms with Crippen LogP contribution in [0.3, 0.4) is 0 Å². The van der Waals surface area contributed by atoms with E-state index in [0.717, 1.165) is 5.56 Å². The van der Waals surface area contributed by atoms with E-state index in [1.807, 2.05) is 12.1 Å². The first kappa shape index (κ1) is 28.2. The second-order valence-electron chi connectivity index (χ2n) is 10.2. The van der Waals surface area contributed by atoms with Gasteiger partial charge in [-0.05, 0) is 40.8 Å². The van der Waals surface area contributed by atoms with Gasteiger partial charge in [-0.15, -0.1) is 0 Å². The maximum atomic E-state index is 12.7. The third kappa shape index (κ3) is 6.23. The highest BCUT2D eigenvalue weighted by molar-refractivity contribution is 5.96. The number of hydrogen-bond donors (Lipinski definition) is 3. The molecule has 0 saturated heterocycles. The summed E-state index contributed by atoms with van der Waals surface area (Å²) in [6.45, 7) is 6.24. The highest BCUT2D eigenvalue weighted by Crippen LogP contribution is 2.40. The van der Waals surface area contributed by atoms with Crippen molar-refractivity contribution in [3.05, 3.63) is 77.4 Å². The monoisotopic (exact) mass is 545 g/mol. The number of phenolic OH excluding ortho intramolecular Hbond substituents is 1. The van der Waals surface area contributed by atoms with Gasteiger partial charge in [0.2, 0.25) is 11.6 Å². The minimum absolute atomic E-state index is 0.0551. The van der Waals surface area contributed by atoms with E-state index in [0.29, 0.717) is 28.1 Å². The van der Waals surface area contributed by atoms with Gasteiger partial charge in [0.15, 0.2) is 11.5 Å². The Morgan fingerprint density at radius 2 is 1.55 bits per heavy atom. The second kappa shape index (κ2) is 11.5. The molecular weight excluding hydrogens is 514 g/mol. The van der Waals surface area contributed by atoms with E-state index in [-0.39, 0.29) is 35.0 Å². The molecule has 0 bridgehead atoms. The molecule has 0 aliphatic carbocycles. The van der Waals surface area contributed by atoms with Crippen molar-refractivity contribution in [1.82, 2.24) is 15.5 Å². The van der Waals surface area contributed by atoms with E-state index >= 15 is 0 Å². The third-order valence-corrected chi connectivity index (χ3v) is 6.42. The number of aliphatic carboxylic acids is 1. The Morgan fingerprint density at radius 1 is 0.950 bits per heavy atom. The summed E-state index contributed by atoms with van der Waals surface area (Å²) < 4.78 is 15.8. The second-order valence-corrected chi connectivity index (χ2v) is 10.2. The van der Waals surface area contributed by atoms with Gasteiger partial charge in [0, 0.05) is 23.1 Å². The van der Waals surface area contributed by atoms with E-state index in [1.165, 1.54) is 14.2 Å². The molecule has 0 fully saturated rings. The van der Waals surface area contributed by atoms with Crippen LogP contribution in [0.2, 0.25) is 0 Å². The standard InChI is InChI=1S/C30H31N3O7/c1-30(2,3)21-12-10-19(11-13-21)27(35)31-22(29(36)37)14-17-6-8-18(9-7-17)26-32-28(40-33-26)20-15-23(38-4)25(34)24(16-20)39-5/h6-13,15-16,22,34H,14H2,1-5H3,(H,31,35)(H,36,37)/t22-/m0/s1. The molecule has 4 aromatic rings. The molecule has 1 atom stereocenters. The average molecular weight is 546 g/mol. The largest absolute Gasteiger partial charge is 0.502 e. The Labute approximate surface area is 231 Å². The maximum absolute atomic E-state index is 12.7. The fourth-order valence-electron chi connectivity index (χ4n) is 4.06. The van der Waals surface area contributed by atoms with Crippen LogP contribution in [0.5, 0.6) is 17.2 Å². The van der Waals surface area contributed by atoms with Gasteiger partial charge >= 0.3 is 5.97 Å². The van der Waals surface area contributed by atoms with Crippen molar-refractivity contribution in [3.8, 4) is 40.1 Å². The van der Waals surface area contributed by atoms with Gasteiger partial charge < -0.3 is 29.5 Å². The van der Waals surface area contributed by atoms with Crippen LogP contribution in [0.15, 0.2) is 65.2 Å². The van der Waals surface area contributed by atoms with Gasteiger partial charge in [-0.2, -0.15) is 4.98 Å². The molecule has 0 aliphatic rings. The first-order chi connectivity index (χ1) is 19.0. The summed E-state index contributed by atoms with van der Waals surface area (Å²) in [6.07, 6.45) is 0.0893. The van der Waals surface area contributed by atoms with Crippen LogP contribution in [-0.4, -0.2) is 52.5 Å². The molecule has 40 heavy (non-hydrogen) atoms. The number of carboxylic acid groups (broad SMARTS) is 1. The van der Waals surface area contributed by atoms with Gasteiger partial charge in [-0.3, -0.25) is 4.79 Å². The summed E-state index contributed by atoms with van der Waals surface area (Å²) in [5.41, 5.74) is 3.26. The average Bonchev–Trinajstić information content (AvgIpc) is 3.43. The van der Waals surface area contributed by atoms with Crippen LogP contribution in [0.4, 0.5) is 0 Å². The van der Waals surface area contributed by atoms with Gasteiger partial charge in [-0.1, -0.05) is 62.3 Å². The number of carbonyl (C=O) groups excluding carboxylic acids is 1. The lowest BCUT2D eigenvalue weighted by Gasteiger charge is -2.19. The molecule has 3 N–H and O–H groups in total.